The minimum atomic E-state index is -0.573. The Morgan fingerprint density at radius 3 is 2.50 bits per heavy atom. The van der Waals surface area contributed by atoms with Crippen molar-refractivity contribution in [3.8, 4) is 17.9 Å². The zero-order valence-electron chi connectivity index (χ0n) is 10.7. The zero-order chi connectivity index (χ0) is 15.1. The van der Waals surface area contributed by atoms with Gasteiger partial charge in [0.05, 0.1) is 25.5 Å². The van der Waals surface area contributed by atoms with Crippen molar-refractivity contribution in [2.75, 3.05) is 19.5 Å². The van der Waals surface area contributed by atoms with Crippen molar-refractivity contribution in [3.05, 3.63) is 33.9 Å². The Bertz CT molecular complexity index is 625. The van der Waals surface area contributed by atoms with E-state index in [1.54, 1.807) is 18.2 Å². The molecule has 102 valence electrons. The van der Waals surface area contributed by atoms with E-state index in [0.717, 1.165) is 0 Å². The third-order valence-corrected chi connectivity index (χ3v) is 2.93. The van der Waals surface area contributed by atoms with Crippen LogP contribution in [0, 0.1) is 22.7 Å². The lowest BCUT2D eigenvalue weighted by molar-refractivity contribution is 0.0601. The van der Waals surface area contributed by atoms with Crippen LogP contribution in [-0.2, 0) is 4.74 Å². The third-order valence-electron chi connectivity index (χ3n) is 2.31. The molecule has 0 heterocycles. The molecule has 0 saturated carbocycles. The summed E-state index contributed by atoms with van der Waals surface area (Å²) in [5.74, 6) is -0.108. The summed E-state index contributed by atoms with van der Waals surface area (Å²) in [4.78, 5) is 11.7. The fraction of sp³-hybridized carbons (Fsp3) is 0.154. The lowest BCUT2D eigenvalue weighted by Gasteiger charge is -2.12. The molecule has 0 aliphatic heterocycles. The standard InChI is InChI=1S/C13H10BrN3O3/c1-19-9-3-10(13(18)20-2)12(11(14)4-9)17-7-8(5-15)6-16/h3-4,7,17H,1-2H3. The van der Waals surface area contributed by atoms with Crippen molar-refractivity contribution < 1.29 is 14.3 Å². The van der Waals surface area contributed by atoms with Gasteiger partial charge in [-0.15, -0.1) is 0 Å². The first kappa shape index (κ1) is 15.5. The Kier molecular flexibility index (Phi) is 5.57. The number of esters is 1. The van der Waals surface area contributed by atoms with E-state index in [4.69, 9.17) is 15.3 Å². The first-order valence-electron chi connectivity index (χ1n) is 5.30. The topological polar surface area (TPSA) is 95.1 Å². The molecule has 7 heteroatoms. The van der Waals surface area contributed by atoms with Gasteiger partial charge in [-0.3, -0.25) is 0 Å². The molecule has 0 spiro atoms. The number of hydrogen-bond donors (Lipinski definition) is 1. The monoisotopic (exact) mass is 335 g/mol. The van der Waals surface area contributed by atoms with Crippen molar-refractivity contribution >= 4 is 27.6 Å². The van der Waals surface area contributed by atoms with E-state index in [2.05, 4.69) is 26.0 Å². The highest BCUT2D eigenvalue weighted by atomic mass is 79.9. The van der Waals surface area contributed by atoms with Gasteiger partial charge in [0.1, 0.15) is 23.5 Å². The van der Waals surface area contributed by atoms with Crippen LogP contribution >= 0.6 is 15.9 Å². The highest BCUT2D eigenvalue weighted by Crippen LogP contribution is 2.32. The van der Waals surface area contributed by atoms with Gasteiger partial charge in [0.25, 0.3) is 0 Å². The molecule has 0 atom stereocenters. The first-order valence-corrected chi connectivity index (χ1v) is 6.09. The Morgan fingerprint density at radius 1 is 1.35 bits per heavy atom. The van der Waals surface area contributed by atoms with Gasteiger partial charge in [-0.05, 0) is 28.1 Å². The molecule has 1 rings (SSSR count). The van der Waals surface area contributed by atoms with Gasteiger partial charge in [-0.1, -0.05) is 0 Å². The number of nitrogens with zero attached hydrogens (tertiary/aromatic N) is 2. The molecule has 0 bridgehead atoms. The molecule has 0 aliphatic carbocycles. The maximum absolute atomic E-state index is 11.7. The first-order chi connectivity index (χ1) is 9.57. The minimum absolute atomic E-state index is 0.122. The molecule has 0 amide bonds. The Labute approximate surface area is 124 Å². The number of hydrogen-bond acceptors (Lipinski definition) is 6. The second-order valence-corrected chi connectivity index (χ2v) is 4.30. The molecule has 0 saturated heterocycles. The number of carbonyl (C=O) groups is 1. The fourth-order valence-corrected chi connectivity index (χ4v) is 1.90. The van der Waals surface area contributed by atoms with Crippen LogP contribution in [0.1, 0.15) is 10.4 Å². The van der Waals surface area contributed by atoms with E-state index in [1.807, 2.05) is 0 Å². The predicted molar refractivity (Wildman–Crippen MR) is 75.0 cm³/mol. The van der Waals surface area contributed by atoms with Crippen molar-refractivity contribution in [1.29, 1.82) is 10.5 Å². The molecule has 0 radical (unpaired) electrons. The quantitative estimate of drug-likeness (QED) is 0.671. The van der Waals surface area contributed by atoms with Gasteiger partial charge in [-0.2, -0.15) is 10.5 Å². The number of nitrogens with one attached hydrogen (secondary N) is 1. The van der Waals surface area contributed by atoms with E-state index >= 15 is 0 Å². The van der Waals surface area contributed by atoms with Crippen molar-refractivity contribution in [2.24, 2.45) is 0 Å². The van der Waals surface area contributed by atoms with Crippen LogP contribution in [0.3, 0.4) is 0 Å². The van der Waals surface area contributed by atoms with Gasteiger partial charge in [0, 0.05) is 10.7 Å². The number of carbonyl (C=O) groups excluding carboxylic acids is 1. The molecule has 1 N–H and O–H groups in total. The predicted octanol–water partition coefficient (Wildman–Crippen LogP) is 2.59. The molecule has 0 fully saturated rings. The lowest BCUT2D eigenvalue weighted by atomic mass is 10.1. The maximum Gasteiger partial charge on any atom is 0.340 e. The second kappa shape index (κ2) is 7.17. The second-order valence-electron chi connectivity index (χ2n) is 3.45. The van der Waals surface area contributed by atoms with E-state index < -0.39 is 5.97 Å². The number of rotatable bonds is 4. The van der Waals surface area contributed by atoms with Crippen molar-refractivity contribution in [1.82, 2.24) is 0 Å². The van der Waals surface area contributed by atoms with E-state index in [0.29, 0.717) is 15.9 Å². The lowest BCUT2D eigenvalue weighted by Crippen LogP contribution is -2.07. The molecule has 1 aromatic rings. The number of nitriles is 2. The highest BCUT2D eigenvalue weighted by molar-refractivity contribution is 9.10. The molecule has 6 nitrogen and oxygen atoms in total. The van der Waals surface area contributed by atoms with Gasteiger partial charge in [-0.25, -0.2) is 4.79 Å². The SMILES string of the molecule is COC(=O)c1cc(OC)cc(Br)c1NC=C(C#N)C#N. The summed E-state index contributed by atoms with van der Waals surface area (Å²) < 4.78 is 10.3. The van der Waals surface area contributed by atoms with Crippen LogP contribution in [0.5, 0.6) is 5.75 Å². The third kappa shape index (κ3) is 3.50. The average Bonchev–Trinajstić information content (AvgIpc) is 2.48. The number of halogens is 1. The summed E-state index contributed by atoms with van der Waals surface area (Å²) in [6, 6.07) is 6.55. The number of allylic oxidation sites excluding steroid dienone is 1. The molecule has 20 heavy (non-hydrogen) atoms. The molecular formula is C13H10BrN3O3. The summed E-state index contributed by atoms with van der Waals surface area (Å²) in [6.07, 6.45) is 1.21. The summed E-state index contributed by atoms with van der Waals surface area (Å²) in [6.45, 7) is 0. The van der Waals surface area contributed by atoms with Crippen molar-refractivity contribution in [3.63, 3.8) is 0 Å². The molecule has 0 aromatic heterocycles. The van der Waals surface area contributed by atoms with Crippen LogP contribution in [0.15, 0.2) is 28.4 Å². The largest absolute Gasteiger partial charge is 0.497 e. The molecular weight excluding hydrogens is 326 g/mol. The highest BCUT2D eigenvalue weighted by Gasteiger charge is 2.16. The number of methoxy groups -OCH3 is 2. The van der Waals surface area contributed by atoms with Gasteiger partial charge in [0.2, 0.25) is 0 Å². The van der Waals surface area contributed by atoms with Crippen LogP contribution in [-0.4, -0.2) is 20.2 Å². The summed E-state index contributed by atoms with van der Waals surface area (Å²) in [7, 11) is 2.73. The van der Waals surface area contributed by atoms with Crippen LogP contribution < -0.4 is 10.1 Å². The van der Waals surface area contributed by atoms with Crippen LogP contribution in [0.2, 0.25) is 0 Å². The molecule has 0 unspecified atom stereocenters. The normalized spacial score (nSPS) is 8.85. The van der Waals surface area contributed by atoms with E-state index in [-0.39, 0.29) is 11.1 Å². The van der Waals surface area contributed by atoms with Crippen molar-refractivity contribution in [2.45, 2.75) is 0 Å². The Hall–Kier alpha value is -2.51. The van der Waals surface area contributed by atoms with Gasteiger partial charge in [0.15, 0.2) is 0 Å². The smallest absolute Gasteiger partial charge is 0.340 e. The number of ether oxygens (including phenoxy) is 2. The van der Waals surface area contributed by atoms with E-state index in [1.165, 1.54) is 26.5 Å². The van der Waals surface area contributed by atoms with Gasteiger partial charge >= 0.3 is 5.97 Å². The summed E-state index contributed by atoms with van der Waals surface area (Å²) >= 11 is 3.28. The van der Waals surface area contributed by atoms with E-state index in [9.17, 15) is 4.79 Å². The average molecular weight is 336 g/mol. The zero-order valence-corrected chi connectivity index (χ0v) is 12.3. The summed E-state index contributed by atoms with van der Waals surface area (Å²) in [5, 5.41) is 20.1. The van der Waals surface area contributed by atoms with Crippen LogP contribution in [0.4, 0.5) is 5.69 Å². The minimum Gasteiger partial charge on any atom is -0.497 e. The molecule has 0 aliphatic rings. The number of benzene rings is 1. The fourth-order valence-electron chi connectivity index (χ4n) is 1.35. The van der Waals surface area contributed by atoms with Crippen LogP contribution in [0.25, 0.3) is 0 Å². The summed E-state index contributed by atoms with van der Waals surface area (Å²) in [5.41, 5.74) is 0.467. The Balaban J connectivity index is 3.31. The molecule has 1 aromatic carbocycles. The number of anilines is 1. The Morgan fingerprint density at radius 2 is 2.00 bits per heavy atom. The maximum atomic E-state index is 11.7. The van der Waals surface area contributed by atoms with Gasteiger partial charge < -0.3 is 14.8 Å².